The molecule has 136 valence electrons. The first kappa shape index (κ1) is 17.7. The van der Waals surface area contributed by atoms with E-state index in [9.17, 15) is 0 Å². The summed E-state index contributed by atoms with van der Waals surface area (Å²) < 4.78 is 7.44. The normalized spacial score (nSPS) is 11.1. The van der Waals surface area contributed by atoms with Crippen LogP contribution in [-0.2, 0) is 5.75 Å². The Morgan fingerprint density at radius 3 is 2.48 bits per heavy atom. The average molecular weight is 399 g/mol. The van der Waals surface area contributed by atoms with Crippen molar-refractivity contribution in [3.05, 3.63) is 64.5 Å². The quantitative estimate of drug-likeness (QED) is 0.464. The highest BCUT2D eigenvalue weighted by Gasteiger charge is 2.13. The molecule has 4 rings (SSSR count). The predicted octanol–water partition coefficient (Wildman–Crippen LogP) is 4.27. The number of benzene rings is 2. The van der Waals surface area contributed by atoms with E-state index in [1.165, 1.54) is 11.8 Å². The summed E-state index contributed by atoms with van der Waals surface area (Å²) in [6.45, 7) is 4.09. The average Bonchev–Trinajstić information content (AvgIpc) is 3.29. The van der Waals surface area contributed by atoms with Crippen LogP contribution in [0.25, 0.3) is 17.1 Å². The molecular weight excluding hydrogens is 384 g/mol. The number of nitrogens with zero attached hydrogens (tertiary/aromatic N) is 6. The molecule has 0 N–H and O–H groups in total. The van der Waals surface area contributed by atoms with Crippen molar-refractivity contribution < 1.29 is 4.42 Å². The van der Waals surface area contributed by atoms with Crippen molar-refractivity contribution in [3.8, 4) is 17.1 Å². The van der Waals surface area contributed by atoms with Gasteiger partial charge in [0.2, 0.25) is 16.9 Å². The number of tetrazole rings is 1. The van der Waals surface area contributed by atoms with Crippen LogP contribution in [0, 0.1) is 13.8 Å². The molecule has 0 aliphatic carbocycles. The van der Waals surface area contributed by atoms with Crippen molar-refractivity contribution >= 4 is 23.4 Å². The first-order chi connectivity index (χ1) is 13.1. The van der Waals surface area contributed by atoms with E-state index in [4.69, 9.17) is 16.0 Å². The smallest absolute Gasteiger partial charge is 0.247 e. The minimum Gasteiger partial charge on any atom is -0.420 e. The zero-order chi connectivity index (χ0) is 18.8. The Kier molecular flexibility index (Phi) is 4.91. The molecule has 2 heterocycles. The summed E-state index contributed by atoms with van der Waals surface area (Å²) in [6.07, 6.45) is 0. The van der Waals surface area contributed by atoms with Gasteiger partial charge in [-0.2, -0.15) is 4.68 Å². The third-order valence-corrected chi connectivity index (χ3v) is 4.93. The molecule has 0 saturated carbocycles. The monoisotopic (exact) mass is 398 g/mol. The summed E-state index contributed by atoms with van der Waals surface area (Å²) in [5, 5.41) is 21.5. The van der Waals surface area contributed by atoms with Crippen LogP contribution in [-0.4, -0.2) is 30.4 Å². The molecule has 0 atom stereocenters. The molecule has 0 spiro atoms. The van der Waals surface area contributed by atoms with E-state index >= 15 is 0 Å². The predicted molar refractivity (Wildman–Crippen MR) is 103 cm³/mol. The van der Waals surface area contributed by atoms with E-state index in [0.717, 1.165) is 22.4 Å². The van der Waals surface area contributed by atoms with Crippen LogP contribution in [0.4, 0.5) is 0 Å². The van der Waals surface area contributed by atoms with Crippen LogP contribution < -0.4 is 0 Å². The van der Waals surface area contributed by atoms with E-state index in [1.54, 1.807) is 16.8 Å². The van der Waals surface area contributed by atoms with Gasteiger partial charge in [0.15, 0.2) is 0 Å². The summed E-state index contributed by atoms with van der Waals surface area (Å²) in [6, 6.07) is 13.4. The maximum Gasteiger partial charge on any atom is 0.247 e. The van der Waals surface area contributed by atoms with Crippen LogP contribution >= 0.6 is 23.4 Å². The lowest BCUT2D eigenvalue weighted by Crippen LogP contribution is -2.00. The van der Waals surface area contributed by atoms with Crippen molar-refractivity contribution in [1.82, 2.24) is 30.4 Å². The number of hydrogen-bond acceptors (Lipinski definition) is 7. The fourth-order valence-corrected chi connectivity index (χ4v) is 3.50. The number of thioether (sulfide) groups is 1. The van der Waals surface area contributed by atoms with Crippen molar-refractivity contribution in [2.45, 2.75) is 24.8 Å². The van der Waals surface area contributed by atoms with Gasteiger partial charge in [-0.25, -0.2) is 0 Å². The van der Waals surface area contributed by atoms with Crippen LogP contribution in [0.15, 0.2) is 52.0 Å². The maximum atomic E-state index is 5.90. The molecular formula is C18H15ClN6OS. The first-order valence-corrected chi connectivity index (χ1v) is 9.53. The van der Waals surface area contributed by atoms with Gasteiger partial charge in [-0.3, -0.25) is 0 Å². The van der Waals surface area contributed by atoms with Gasteiger partial charge < -0.3 is 4.42 Å². The second-order valence-electron chi connectivity index (χ2n) is 6.02. The highest BCUT2D eigenvalue weighted by Crippen LogP contribution is 2.25. The first-order valence-electron chi connectivity index (χ1n) is 8.17. The Morgan fingerprint density at radius 1 is 1.00 bits per heavy atom. The zero-order valence-electron chi connectivity index (χ0n) is 14.6. The van der Waals surface area contributed by atoms with Crippen molar-refractivity contribution in [3.63, 3.8) is 0 Å². The van der Waals surface area contributed by atoms with E-state index in [1.807, 2.05) is 38.1 Å². The van der Waals surface area contributed by atoms with Gasteiger partial charge in [-0.05, 0) is 71.8 Å². The number of aryl methyl sites for hydroxylation is 2. The molecule has 0 aliphatic heterocycles. The number of rotatable bonds is 5. The Hall–Kier alpha value is -2.71. The van der Waals surface area contributed by atoms with Gasteiger partial charge in [0, 0.05) is 10.6 Å². The second kappa shape index (κ2) is 7.50. The van der Waals surface area contributed by atoms with Crippen molar-refractivity contribution in [2.24, 2.45) is 0 Å². The van der Waals surface area contributed by atoms with E-state index in [-0.39, 0.29) is 0 Å². The highest BCUT2D eigenvalue weighted by molar-refractivity contribution is 7.98. The molecule has 0 unspecified atom stereocenters. The lowest BCUT2D eigenvalue weighted by molar-refractivity contribution is 0.528. The zero-order valence-corrected chi connectivity index (χ0v) is 16.2. The summed E-state index contributed by atoms with van der Waals surface area (Å²) in [5.41, 5.74) is 4.05. The Morgan fingerprint density at radius 2 is 1.74 bits per heavy atom. The Labute approximate surface area is 164 Å². The van der Waals surface area contributed by atoms with Crippen LogP contribution in [0.3, 0.4) is 0 Å². The number of halogens is 1. The van der Waals surface area contributed by atoms with Crippen molar-refractivity contribution in [1.29, 1.82) is 0 Å². The molecule has 0 fully saturated rings. The maximum absolute atomic E-state index is 5.90. The van der Waals surface area contributed by atoms with Gasteiger partial charge in [-0.1, -0.05) is 29.4 Å². The fraction of sp³-hybridized carbons (Fsp3) is 0.167. The Balaban J connectivity index is 1.50. The fourth-order valence-electron chi connectivity index (χ4n) is 2.65. The van der Waals surface area contributed by atoms with Crippen molar-refractivity contribution in [2.75, 3.05) is 0 Å². The minimum absolute atomic E-state index is 0.455. The van der Waals surface area contributed by atoms with E-state index < -0.39 is 0 Å². The van der Waals surface area contributed by atoms with Gasteiger partial charge in [0.05, 0.1) is 11.4 Å². The lowest BCUT2D eigenvalue weighted by Gasteiger charge is -2.06. The molecule has 0 aliphatic rings. The number of aromatic nitrogens is 6. The molecule has 4 aromatic rings. The molecule has 27 heavy (non-hydrogen) atoms. The van der Waals surface area contributed by atoms with Gasteiger partial charge in [0.1, 0.15) is 0 Å². The Bertz CT molecular complexity index is 1060. The summed E-state index contributed by atoms with van der Waals surface area (Å²) in [4.78, 5) is 0. The van der Waals surface area contributed by atoms with Crippen LogP contribution in [0.5, 0.6) is 0 Å². The largest absolute Gasteiger partial charge is 0.420 e. The van der Waals surface area contributed by atoms with Crippen LogP contribution in [0.1, 0.15) is 17.0 Å². The highest BCUT2D eigenvalue weighted by atomic mass is 35.5. The summed E-state index contributed by atoms with van der Waals surface area (Å²) in [7, 11) is 0. The molecule has 7 nitrogen and oxygen atoms in total. The lowest BCUT2D eigenvalue weighted by atomic mass is 10.1. The number of hydrogen-bond donors (Lipinski definition) is 0. The third kappa shape index (κ3) is 4.01. The molecule has 0 saturated heterocycles. The molecule has 2 aromatic carbocycles. The summed E-state index contributed by atoms with van der Waals surface area (Å²) in [5.74, 6) is 1.42. The summed E-state index contributed by atoms with van der Waals surface area (Å²) >= 11 is 7.34. The van der Waals surface area contributed by atoms with Gasteiger partial charge in [-0.15, -0.1) is 15.3 Å². The van der Waals surface area contributed by atoms with Gasteiger partial charge >= 0.3 is 0 Å². The van der Waals surface area contributed by atoms with E-state index in [0.29, 0.717) is 27.7 Å². The molecule has 0 radical (unpaired) electrons. The molecule has 9 heteroatoms. The second-order valence-corrected chi connectivity index (χ2v) is 7.39. The standard InChI is InChI=1S/C18H15ClN6OS/c1-11-7-12(2)9-15(8-11)25-18(22-23-24-25)27-10-16-20-21-17(26-16)13-3-5-14(19)6-4-13/h3-9H,10H2,1-2H3. The third-order valence-electron chi connectivity index (χ3n) is 3.77. The van der Waals surface area contributed by atoms with E-state index in [2.05, 4.69) is 31.8 Å². The SMILES string of the molecule is Cc1cc(C)cc(-n2nnnc2SCc2nnc(-c3ccc(Cl)cc3)o2)c1. The molecule has 0 bridgehead atoms. The van der Waals surface area contributed by atoms with Crippen LogP contribution in [0.2, 0.25) is 5.02 Å². The molecule has 0 amide bonds. The van der Waals surface area contributed by atoms with Gasteiger partial charge in [0.25, 0.3) is 0 Å². The molecule has 2 aromatic heterocycles. The topological polar surface area (TPSA) is 82.5 Å². The minimum atomic E-state index is 0.455.